The number of fused-ring (bicyclic) bond motifs is 2. The maximum absolute atomic E-state index is 5.66. The number of aromatic nitrogens is 3. The van der Waals surface area contributed by atoms with E-state index >= 15 is 0 Å². The normalized spacial score (nSPS) is 12.7. The molecule has 3 heterocycles. The first-order valence-corrected chi connectivity index (χ1v) is 9.94. The van der Waals surface area contributed by atoms with Crippen molar-refractivity contribution in [1.29, 1.82) is 0 Å². The molecule has 7 heteroatoms. The highest BCUT2D eigenvalue weighted by molar-refractivity contribution is 5.81. The van der Waals surface area contributed by atoms with Crippen LogP contribution in [0, 0.1) is 6.92 Å². The summed E-state index contributed by atoms with van der Waals surface area (Å²) in [5, 5.41) is 6.76. The molecule has 0 bridgehead atoms. The lowest BCUT2D eigenvalue weighted by Gasteiger charge is -2.19. The molecular formula is C23H23N5O2. The van der Waals surface area contributed by atoms with Crippen LogP contribution in [0.15, 0.2) is 54.7 Å². The lowest BCUT2D eigenvalue weighted by molar-refractivity contribution is 0.171. The Kier molecular flexibility index (Phi) is 4.63. The Labute approximate surface area is 174 Å². The second-order valence-electron chi connectivity index (χ2n) is 7.38. The Balaban J connectivity index is 1.36. The molecule has 7 nitrogen and oxygen atoms in total. The molecule has 4 aromatic rings. The summed E-state index contributed by atoms with van der Waals surface area (Å²) in [7, 11) is 2.00. The summed E-state index contributed by atoms with van der Waals surface area (Å²) >= 11 is 0. The molecule has 2 N–H and O–H groups in total. The van der Waals surface area contributed by atoms with E-state index in [1.165, 1.54) is 11.1 Å². The van der Waals surface area contributed by atoms with Gasteiger partial charge in [-0.25, -0.2) is 9.97 Å². The van der Waals surface area contributed by atoms with Crippen molar-refractivity contribution in [2.24, 2.45) is 7.05 Å². The van der Waals surface area contributed by atoms with Gasteiger partial charge in [0.15, 0.2) is 11.5 Å². The number of pyridine rings is 1. The number of nitrogens with one attached hydrogen (secondary N) is 2. The molecule has 0 aliphatic carbocycles. The predicted octanol–water partition coefficient (Wildman–Crippen LogP) is 4.40. The lowest BCUT2D eigenvalue weighted by Crippen LogP contribution is -2.15. The summed E-state index contributed by atoms with van der Waals surface area (Å²) in [5.74, 6) is 3.07. The van der Waals surface area contributed by atoms with Crippen molar-refractivity contribution >= 4 is 28.5 Å². The predicted molar refractivity (Wildman–Crippen MR) is 118 cm³/mol. The van der Waals surface area contributed by atoms with Crippen molar-refractivity contribution in [3.63, 3.8) is 0 Å². The Morgan fingerprint density at radius 3 is 2.77 bits per heavy atom. The van der Waals surface area contributed by atoms with Crippen LogP contribution in [0.1, 0.15) is 11.1 Å². The molecule has 0 radical (unpaired) electrons. The summed E-state index contributed by atoms with van der Waals surface area (Å²) in [4.78, 5) is 9.19. The van der Waals surface area contributed by atoms with Gasteiger partial charge >= 0.3 is 0 Å². The fourth-order valence-electron chi connectivity index (χ4n) is 3.59. The van der Waals surface area contributed by atoms with E-state index in [4.69, 9.17) is 9.47 Å². The fourth-order valence-corrected chi connectivity index (χ4v) is 3.59. The van der Waals surface area contributed by atoms with E-state index in [-0.39, 0.29) is 0 Å². The summed E-state index contributed by atoms with van der Waals surface area (Å²) < 4.78 is 13.3. The minimum atomic E-state index is 0.564. The number of aryl methyl sites for hydroxylation is 2. The van der Waals surface area contributed by atoms with E-state index < -0.39 is 0 Å². The Morgan fingerprint density at radius 1 is 1.03 bits per heavy atom. The maximum atomic E-state index is 5.66. The number of rotatable bonds is 5. The monoisotopic (exact) mass is 401 g/mol. The molecule has 0 amide bonds. The van der Waals surface area contributed by atoms with E-state index in [1.807, 2.05) is 35.9 Å². The number of anilines is 3. The van der Waals surface area contributed by atoms with E-state index in [0.717, 1.165) is 40.0 Å². The van der Waals surface area contributed by atoms with Crippen LogP contribution in [0.4, 0.5) is 17.5 Å². The molecule has 2 aromatic carbocycles. The SMILES string of the molecule is Cc1cccc(CNc2nc3cnc(Nc4ccc5c(c4)OCCO5)cc3n2C)c1. The minimum absolute atomic E-state index is 0.564. The molecule has 1 aliphatic heterocycles. The highest BCUT2D eigenvalue weighted by Crippen LogP contribution is 2.33. The first-order valence-electron chi connectivity index (χ1n) is 9.94. The van der Waals surface area contributed by atoms with Gasteiger partial charge in [-0.2, -0.15) is 0 Å². The molecule has 0 atom stereocenters. The van der Waals surface area contributed by atoms with Crippen LogP contribution in [0.5, 0.6) is 11.5 Å². The second kappa shape index (κ2) is 7.59. The standard InChI is InChI=1S/C23H23N5O2/c1-15-4-3-5-16(10-15)13-25-23-27-18-14-24-22(12-19(18)28(23)2)26-17-6-7-20-21(11-17)30-9-8-29-20/h3-7,10-12,14H,8-9,13H2,1-2H3,(H,24,26)(H,25,27). The third-order valence-corrected chi connectivity index (χ3v) is 5.11. The van der Waals surface area contributed by atoms with Crippen LogP contribution in [-0.4, -0.2) is 27.7 Å². The average molecular weight is 401 g/mol. The molecule has 2 aromatic heterocycles. The van der Waals surface area contributed by atoms with Gasteiger partial charge in [0.2, 0.25) is 5.95 Å². The van der Waals surface area contributed by atoms with Gasteiger partial charge in [0, 0.05) is 31.4 Å². The van der Waals surface area contributed by atoms with Crippen molar-refractivity contribution in [3.05, 3.63) is 65.9 Å². The Bertz CT molecular complexity index is 1220. The first kappa shape index (κ1) is 18.3. The van der Waals surface area contributed by atoms with Gasteiger partial charge in [-0.3, -0.25) is 0 Å². The summed E-state index contributed by atoms with van der Waals surface area (Å²) in [6.07, 6.45) is 1.79. The Morgan fingerprint density at radius 2 is 1.90 bits per heavy atom. The van der Waals surface area contributed by atoms with Crippen molar-refractivity contribution in [2.45, 2.75) is 13.5 Å². The number of hydrogen-bond donors (Lipinski definition) is 2. The third-order valence-electron chi connectivity index (χ3n) is 5.11. The Hall–Kier alpha value is -3.74. The molecule has 0 spiro atoms. The maximum Gasteiger partial charge on any atom is 0.203 e. The van der Waals surface area contributed by atoms with Crippen LogP contribution >= 0.6 is 0 Å². The van der Waals surface area contributed by atoms with Crippen LogP contribution in [0.3, 0.4) is 0 Å². The zero-order valence-electron chi connectivity index (χ0n) is 17.0. The van der Waals surface area contributed by atoms with Gasteiger partial charge in [0.05, 0.1) is 11.7 Å². The highest BCUT2D eigenvalue weighted by Gasteiger charge is 2.13. The number of ether oxygens (including phenoxy) is 2. The number of imidazole rings is 1. The first-order chi connectivity index (χ1) is 14.7. The minimum Gasteiger partial charge on any atom is -0.486 e. The fraction of sp³-hybridized carbons (Fsp3) is 0.217. The quantitative estimate of drug-likeness (QED) is 0.516. The molecule has 152 valence electrons. The van der Waals surface area contributed by atoms with Gasteiger partial charge < -0.3 is 24.7 Å². The highest BCUT2D eigenvalue weighted by atomic mass is 16.6. The van der Waals surface area contributed by atoms with E-state index in [1.54, 1.807) is 6.20 Å². The zero-order valence-corrected chi connectivity index (χ0v) is 17.0. The van der Waals surface area contributed by atoms with Crippen LogP contribution in [0.2, 0.25) is 0 Å². The molecule has 0 fully saturated rings. The van der Waals surface area contributed by atoms with Gasteiger partial charge in [0.25, 0.3) is 0 Å². The topological polar surface area (TPSA) is 73.2 Å². The smallest absolute Gasteiger partial charge is 0.203 e. The molecule has 30 heavy (non-hydrogen) atoms. The number of benzene rings is 2. The molecule has 0 unspecified atom stereocenters. The van der Waals surface area contributed by atoms with Crippen molar-refractivity contribution < 1.29 is 9.47 Å². The molecule has 5 rings (SSSR count). The van der Waals surface area contributed by atoms with Gasteiger partial charge in [-0.15, -0.1) is 0 Å². The van der Waals surface area contributed by atoms with E-state index in [9.17, 15) is 0 Å². The summed E-state index contributed by atoms with van der Waals surface area (Å²) in [5.41, 5.74) is 5.21. The van der Waals surface area contributed by atoms with E-state index in [2.05, 4.69) is 51.8 Å². The average Bonchev–Trinajstić information content (AvgIpc) is 3.07. The van der Waals surface area contributed by atoms with Crippen LogP contribution in [-0.2, 0) is 13.6 Å². The molecular weight excluding hydrogens is 378 g/mol. The van der Waals surface area contributed by atoms with Crippen LogP contribution < -0.4 is 20.1 Å². The van der Waals surface area contributed by atoms with Crippen molar-refractivity contribution in [1.82, 2.24) is 14.5 Å². The van der Waals surface area contributed by atoms with E-state index in [0.29, 0.717) is 19.8 Å². The largest absolute Gasteiger partial charge is 0.486 e. The number of nitrogens with zero attached hydrogens (tertiary/aromatic N) is 3. The molecule has 1 aliphatic rings. The van der Waals surface area contributed by atoms with Crippen LogP contribution in [0.25, 0.3) is 11.0 Å². The molecule has 0 saturated heterocycles. The lowest BCUT2D eigenvalue weighted by atomic mass is 10.1. The number of hydrogen-bond acceptors (Lipinski definition) is 6. The van der Waals surface area contributed by atoms with Crippen molar-refractivity contribution in [2.75, 3.05) is 23.8 Å². The zero-order chi connectivity index (χ0) is 20.5. The van der Waals surface area contributed by atoms with Gasteiger partial charge in [-0.05, 0) is 24.6 Å². The van der Waals surface area contributed by atoms with Gasteiger partial charge in [-0.1, -0.05) is 29.8 Å². The molecule has 0 saturated carbocycles. The van der Waals surface area contributed by atoms with Gasteiger partial charge in [0.1, 0.15) is 24.5 Å². The van der Waals surface area contributed by atoms with Crippen molar-refractivity contribution in [3.8, 4) is 11.5 Å². The third kappa shape index (κ3) is 3.61. The summed E-state index contributed by atoms with van der Waals surface area (Å²) in [6.45, 7) is 3.96. The summed E-state index contributed by atoms with van der Waals surface area (Å²) in [6, 6.07) is 16.2. The second-order valence-corrected chi connectivity index (χ2v) is 7.38.